The van der Waals surface area contributed by atoms with Crippen molar-refractivity contribution in [3.63, 3.8) is 0 Å². The van der Waals surface area contributed by atoms with E-state index in [1.807, 2.05) is 0 Å². The second kappa shape index (κ2) is 7.58. The summed E-state index contributed by atoms with van der Waals surface area (Å²) < 4.78 is 0. The van der Waals surface area contributed by atoms with Crippen molar-refractivity contribution >= 4 is 27.5 Å². The molecular weight excluding hydrogens is 468 g/mol. The first kappa shape index (κ1) is 21.0. The van der Waals surface area contributed by atoms with Gasteiger partial charge >= 0.3 is 0 Å². The zero-order valence-electron chi connectivity index (χ0n) is 18.9. The predicted octanol–water partition coefficient (Wildman–Crippen LogP) is 1.51. The number of fused-ring (bicyclic) bond motifs is 8. The number of Topliss-reactive ketones (excluding diaryl/α,β-unsaturated/α-hetero) is 2. The number of piperazine rings is 2. The molecule has 0 spiro atoms. The van der Waals surface area contributed by atoms with Crippen LogP contribution in [-0.2, 0) is 9.59 Å². The second-order valence-electron chi connectivity index (χ2n) is 12.0. The van der Waals surface area contributed by atoms with Gasteiger partial charge in [0.1, 0.15) is 0 Å². The van der Waals surface area contributed by atoms with Crippen molar-refractivity contribution in [2.24, 2.45) is 29.6 Å². The number of rotatable bonds is 0. The Hall–Kier alpha value is -0.340. The van der Waals surface area contributed by atoms with Gasteiger partial charge in [0.05, 0.1) is 12.1 Å². The van der Waals surface area contributed by atoms with Gasteiger partial charge < -0.3 is 21.3 Å². The number of halogens is 1. The van der Waals surface area contributed by atoms with Crippen molar-refractivity contribution in [3.05, 3.63) is 0 Å². The maximum absolute atomic E-state index is 13.3. The molecular formula is C25H37BrN4O2. The molecule has 7 heteroatoms. The van der Waals surface area contributed by atoms with Crippen LogP contribution in [0, 0.1) is 29.6 Å². The first-order valence-corrected chi connectivity index (χ1v) is 14.2. The number of nitrogens with one attached hydrogen (secondary N) is 4. The third-order valence-electron chi connectivity index (χ3n) is 10.7. The minimum absolute atomic E-state index is 0.0249. The number of ketones is 2. The van der Waals surface area contributed by atoms with E-state index in [0.29, 0.717) is 35.4 Å². The molecule has 0 aromatic heterocycles. The van der Waals surface area contributed by atoms with Gasteiger partial charge in [-0.2, -0.15) is 0 Å². The van der Waals surface area contributed by atoms with E-state index in [4.69, 9.17) is 0 Å². The highest BCUT2D eigenvalue weighted by molar-refractivity contribution is 9.09. The summed E-state index contributed by atoms with van der Waals surface area (Å²) in [5, 5.41) is 15.8. The standard InChI is InChI=1S/C25H37BrN4O2/c1-10-16-21(30-23-18(27-16)11-6-2-4-8-13(11)25(23)32)15(26)20-17(10)28-22-19(29-20)12-7-3-5-9-14(12)24(22)31/h10-23,27-30H,2-9H2,1H3. The molecule has 7 fully saturated rings. The van der Waals surface area contributed by atoms with Gasteiger partial charge in [0, 0.05) is 52.9 Å². The molecule has 0 radical (unpaired) electrons. The van der Waals surface area contributed by atoms with E-state index < -0.39 is 0 Å². The molecule has 0 amide bonds. The molecule has 7 aliphatic rings. The molecule has 5 aliphatic carbocycles. The van der Waals surface area contributed by atoms with Crippen LogP contribution in [0.2, 0.25) is 0 Å². The second-order valence-corrected chi connectivity index (χ2v) is 13.1. The number of hydrogen-bond acceptors (Lipinski definition) is 6. The van der Waals surface area contributed by atoms with Gasteiger partial charge in [-0.25, -0.2) is 0 Å². The van der Waals surface area contributed by atoms with Crippen LogP contribution in [-0.4, -0.2) is 64.7 Å². The Morgan fingerprint density at radius 3 is 1.66 bits per heavy atom. The summed E-state index contributed by atoms with van der Waals surface area (Å²) in [6.45, 7) is 2.35. The molecule has 176 valence electrons. The Morgan fingerprint density at radius 1 is 0.625 bits per heavy atom. The Bertz CT molecular complexity index is 758. The van der Waals surface area contributed by atoms with Crippen molar-refractivity contribution in [1.29, 1.82) is 0 Å². The Balaban J connectivity index is 1.17. The van der Waals surface area contributed by atoms with Gasteiger partial charge in [-0.15, -0.1) is 0 Å². The maximum Gasteiger partial charge on any atom is 0.154 e. The number of alkyl halides is 1. The molecule has 2 heterocycles. The van der Waals surface area contributed by atoms with Crippen molar-refractivity contribution in [1.82, 2.24) is 21.3 Å². The van der Waals surface area contributed by atoms with Crippen molar-refractivity contribution in [2.75, 3.05) is 0 Å². The average molecular weight is 506 g/mol. The van der Waals surface area contributed by atoms with E-state index in [9.17, 15) is 9.59 Å². The Kier molecular flexibility index (Phi) is 4.97. The lowest BCUT2D eigenvalue weighted by atomic mass is 9.70. The fourth-order valence-corrected chi connectivity index (χ4v) is 10.2. The molecule has 14 unspecified atom stereocenters. The van der Waals surface area contributed by atoms with Crippen molar-refractivity contribution in [3.8, 4) is 0 Å². The minimum Gasteiger partial charge on any atom is -0.307 e. The topological polar surface area (TPSA) is 82.3 Å². The van der Waals surface area contributed by atoms with Gasteiger partial charge in [-0.05, 0) is 43.4 Å². The van der Waals surface area contributed by atoms with E-state index in [1.165, 1.54) is 38.5 Å². The van der Waals surface area contributed by atoms with Crippen molar-refractivity contribution in [2.45, 2.75) is 111 Å². The molecule has 5 saturated carbocycles. The fourth-order valence-electron chi connectivity index (χ4n) is 9.26. The maximum atomic E-state index is 13.3. The SMILES string of the molecule is CC1C2NC3C(NC2C(Br)C2NC4C(NC12)C(=O)C1CCCCC14)C(=O)C1CCCCC13. The molecule has 14 atom stereocenters. The average Bonchev–Trinajstić information content (AvgIpc) is 3.27. The summed E-state index contributed by atoms with van der Waals surface area (Å²) >= 11 is 4.09. The molecule has 6 nitrogen and oxygen atoms in total. The molecule has 2 aliphatic heterocycles. The molecule has 0 aromatic carbocycles. The highest BCUT2D eigenvalue weighted by atomic mass is 79.9. The molecule has 0 aromatic rings. The van der Waals surface area contributed by atoms with E-state index in [-0.39, 0.29) is 59.0 Å². The number of carbonyl (C=O) groups excluding carboxylic acids is 2. The Morgan fingerprint density at radius 2 is 1.06 bits per heavy atom. The van der Waals surface area contributed by atoms with Crippen molar-refractivity contribution < 1.29 is 9.59 Å². The highest BCUT2D eigenvalue weighted by Gasteiger charge is 2.62. The van der Waals surface area contributed by atoms with Crippen LogP contribution in [0.1, 0.15) is 58.3 Å². The summed E-state index contributed by atoms with van der Waals surface area (Å²) in [4.78, 5) is 26.8. The summed E-state index contributed by atoms with van der Waals surface area (Å²) in [6.07, 6.45) is 9.43. The van der Waals surface area contributed by atoms with Crippen LogP contribution in [0.5, 0.6) is 0 Å². The lowest BCUT2D eigenvalue weighted by Gasteiger charge is -2.58. The van der Waals surface area contributed by atoms with Gasteiger partial charge in [0.2, 0.25) is 0 Å². The summed E-state index contributed by atoms with van der Waals surface area (Å²) in [7, 11) is 0. The monoisotopic (exact) mass is 504 g/mol. The largest absolute Gasteiger partial charge is 0.307 e. The molecule has 2 saturated heterocycles. The van der Waals surface area contributed by atoms with Crippen LogP contribution in [0.4, 0.5) is 0 Å². The third-order valence-corrected chi connectivity index (χ3v) is 11.9. The lowest BCUT2D eigenvalue weighted by Crippen LogP contribution is -2.82. The summed E-state index contributed by atoms with van der Waals surface area (Å²) in [5.41, 5.74) is 0. The fraction of sp³-hybridized carbons (Fsp3) is 0.920. The molecule has 0 bridgehead atoms. The van der Waals surface area contributed by atoms with E-state index in [2.05, 4.69) is 44.1 Å². The lowest BCUT2D eigenvalue weighted by molar-refractivity contribution is -0.125. The number of carbonyl (C=O) groups is 2. The molecule has 4 N–H and O–H groups in total. The predicted molar refractivity (Wildman–Crippen MR) is 126 cm³/mol. The first-order chi connectivity index (χ1) is 15.5. The zero-order valence-corrected chi connectivity index (χ0v) is 20.5. The Labute approximate surface area is 199 Å². The number of hydrogen-bond donors (Lipinski definition) is 4. The van der Waals surface area contributed by atoms with Crippen LogP contribution in [0.3, 0.4) is 0 Å². The minimum atomic E-state index is -0.0340. The quantitative estimate of drug-likeness (QED) is 0.374. The van der Waals surface area contributed by atoms with Crippen LogP contribution in [0.15, 0.2) is 0 Å². The van der Waals surface area contributed by atoms with Crippen LogP contribution >= 0.6 is 15.9 Å². The summed E-state index contributed by atoms with van der Waals surface area (Å²) in [5.74, 6) is 2.80. The normalized spacial score (nSPS) is 58.8. The van der Waals surface area contributed by atoms with Crippen LogP contribution < -0.4 is 21.3 Å². The first-order valence-electron chi connectivity index (χ1n) is 13.3. The third kappa shape index (κ3) is 2.78. The highest BCUT2D eigenvalue weighted by Crippen LogP contribution is 2.47. The van der Waals surface area contributed by atoms with Gasteiger partial charge in [-0.1, -0.05) is 48.5 Å². The van der Waals surface area contributed by atoms with Crippen LogP contribution in [0.25, 0.3) is 0 Å². The molecule has 7 rings (SSSR count). The van der Waals surface area contributed by atoms with E-state index in [1.54, 1.807) is 0 Å². The van der Waals surface area contributed by atoms with Gasteiger partial charge in [-0.3, -0.25) is 9.59 Å². The van der Waals surface area contributed by atoms with Gasteiger partial charge in [0.25, 0.3) is 0 Å². The zero-order chi connectivity index (χ0) is 21.7. The van der Waals surface area contributed by atoms with E-state index in [0.717, 1.165) is 12.8 Å². The summed E-state index contributed by atoms with van der Waals surface area (Å²) in [6, 6.07) is 1.53. The van der Waals surface area contributed by atoms with E-state index >= 15 is 0 Å². The molecule has 32 heavy (non-hydrogen) atoms. The smallest absolute Gasteiger partial charge is 0.154 e. The van der Waals surface area contributed by atoms with Gasteiger partial charge in [0.15, 0.2) is 11.6 Å².